The number of ether oxygens (including phenoxy) is 1. The molecule has 1 aliphatic heterocycles. The van der Waals surface area contributed by atoms with Crippen molar-refractivity contribution in [2.24, 2.45) is 0 Å². The largest absolute Gasteiger partial charge is 0.452 e. The van der Waals surface area contributed by atoms with Gasteiger partial charge < -0.3 is 9.64 Å². The van der Waals surface area contributed by atoms with Crippen LogP contribution in [-0.4, -0.2) is 5.78 Å². The summed E-state index contributed by atoms with van der Waals surface area (Å²) in [4.78, 5) is 24.8. The molecular formula is C51H33NO2S5. The Kier molecular flexibility index (Phi) is 10.5. The number of benzene rings is 4. The van der Waals surface area contributed by atoms with Gasteiger partial charge in [-0.05, 0) is 149 Å². The van der Waals surface area contributed by atoms with E-state index in [1.165, 1.54) is 40.4 Å². The second-order valence-electron chi connectivity index (χ2n) is 13.7. The lowest BCUT2D eigenvalue weighted by molar-refractivity contribution is 0.101. The smallest absolute Gasteiger partial charge is 0.231 e. The molecule has 5 aromatic heterocycles. The molecule has 0 atom stereocenters. The number of para-hydroxylation sites is 1. The first-order valence-electron chi connectivity index (χ1n) is 19.0. The molecule has 6 heterocycles. The summed E-state index contributed by atoms with van der Waals surface area (Å²) in [7, 11) is 0. The summed E-state index contributed by atoms with van der Waals surface area (Å²) in [6.45, 7) is 0. The van der Waals surface area contributed by atoms with Crippen molar-refractivity contribution in [1.82, 2.24) is 0 Å². The van der Waals surface area contributed by atoms with Crippen molar-refractivity contribution in [3.8, 4) is 37.1 Å². The van der Waals surface area contributed by atoms with Gasteiger partial charge in [-0.25, -0.2) is 0 Å². The van der Waals surface area contributed by atoms with Crippen LogP contribution in [0.3, 0.4) is 0 Å². The highest BCUT2D eigenvalue weighted by Gasteiger charge is 2.26. The third-order valence-electron chi connectivity index (χ3n) is 9.87. The molecule has 0 fully saturated rings. The van der Waals surface area contributed by atoms with Crippen molar-refractivity contribution in [3.05, 3.63) is 204 Å². The van der Waals surface area contributed by atoms with Gasteiger partial charge in [-0.2, -0.15) is 0 Å². The number of Topliss-reactive ketones (excluding diaryl/α,β-unsaturated/α-hetero) is 1. The fourth-order valence-electron chi connectivity index (χ4n) is 6.92. The minimum absolute atomic E-state index is 0.0784. The highest BCUT2D eigenvalue weighted by atomic mass is 32.1. The minimum Gasteiger partial charge on any atom is -0.452 e. The standard InChI is InChI=1S/C51H33NO2S5/c53-51-45-7-1-2-8-46(45)54-47(51)33-44-27-30-50(59-44)36-13-19-39(20-14-36)52(37-15-9-34(10-16-37)48-28-25-42(57-48)23-21-40-5-3-31-55-40)38-17-11-35(12-18-38)49-29-26-43(58-49)24-22-41-6-4-32-56-41/h1-33H. The number of carbonyl (C=O) groups excluding carboxylic acids is 1. The SMILES string of the molecule is O=C1C(=Cc2ccc(-c3ccc(N(c4ccc(-c5ccc(C=Cc6cccs6)s5)cc4)c4ccc(-c5ccc(C=Cc6cccs6)s5)cc4)cc3)s2)Oc2ccccc21. The molecule has 0 radical (unpaired) electrons. The van der Waals surface area contributed by atoms with E-state index in [4.69, 9.17) is 4.74 Å². The van der Waals surface area contributed by atoms with Crippen molar-refractivity contribution in [2.75, 3.05) is 4.90 Å². The fraction of sp³-hybridized carbons (Fsp3) is 0. The number of anilines is 3. The van der Waals surface area contributed by atoms with Crippen molar-refractivity contribution < 1.29 is 9.53 Å². The molecule has 0 bridgehead atoms. The van der Waals surface area contributed by atoms with Crippen molar-refractivity contribution in [1.29, 1.82) is 0 Å². The molecule has 0 spiro atoms. The molecule has 9 aromatic rings. The molecule has 3 nitrogen and oxygen atoms in total. The summed E-state index contributed by atoms with van der Waals surface area (Å²) >= 11 is 8.74. The lowest BCUT2D eigenvalue weighted by Gasteiger charge is -2.26. The number of thiophene rings is 5. The Morgan fingerprint density at radius 1 is 0.424 bits per heavy atom. The quantitative estimate of drug-likeness (QED) is 0.121. The van der Waals surface area contributed by atoms with E-state index in [2.05, 4.69) is 167 Å². The number of ketones is 1. The van der Waals surface area contributed by atoms with Gasteiger partial charge in [-0.3, -0.25) is 4.79 Å². The molecule has 1 aliphatic rings. The first-order valence-corrected chi connectivity index (χ1v) is 23.2. The number of rotatable bonds is 11. The van der Waals surface area contributed by atoms with Gasteiger partial charge in [0.2, 0.25) is 5.78 Å². The third kappa shape index (κ3) is 8.14. The van der Waals surface area contributed by atoms with E-state index in [0.717, 1.165) is 32.4 Å². The van der Waals surface area contributed by atoms with Crippen LogP contribution in [0.2, 0.25) is 0 Å². The Balaban J connectivity index is 0.924. The number of fused-ring (bicyclic) bond motifs is 1. The normalized spacial score (nSPS) is 13.2. The topological polar surface area (TPSA) is 29.5 Å². The maximum Gasteiger partial charge on any atom is 0.231 e. The van der Waals surface area contributed by atoms with Gasteiger partial charge in [0.05, 0.1) is 5.56 Å². The third-order valence-corrected chi connectivity index (χ3v) is 14.8. The molecule has 59 heavy (non-hydrogen) atoms. The minimum atomic E-state index is -0.0784. The van der Waals surface area contributed by atoms with Gasteiger partial charge in [0.15, 0.2) is 5.76 Å². The maximum absolute atomic E-state index is 12.9. The van der Waals surface area contributed by atoms with Crippen molar-refractivity contribution >= 4 is 110 Å². The van der Waals surface area contributed by atoms with Gasteiger partial charge in [-0.15, -0.1) is 56.7 Å². The van der Waals surface area contributed by atoms with Crippen LogP contribution < -0.4 is 9.64 Å². The van der Waals surface area contributed by atoms with E-state index in [1.54, 1.807) is 56.7 Å². The Morgan fingerprint density at radius 3 is 1.32 bits per heavy atom. The van der Waals surface area contributed by atoms with Gasteiger partial charge >= 0.3 is 0 Å². The van der Waals surface area contributed by atoms with Crippen LogP contribution in [0.15, 0.2) is 174 Å². The summed E-state index contributed by atoms with van der Waals surface area (Å²) in [5.41, 5.74) is 7.32. The van der Waals surface area contributed by atoms with Gasteiger partial charge in [0, 0.05) is 62.2 Å². The lowest BCUT2D eigenvalue weighted by atomic mass is 10.1. The molecule has 0 aliphatic carbocycles. The zero-order valence-electron chi connectivity index (χ0n) is 31.4. The predicted molar refractivity (Wildman–Crippen MR) is 257 cm³/mol. The van der Waals surface area contributed by atoms with Crippen LogP contribution in [-0.2, 0) is 0 Å². The molecule has 0 saturated carbocycles. The number of carbonyl (C=O) groups is 1. The van der Waals surface area contributed by atoms with Gasteiger partial charge in [-0.1, -0.05) is 60.7 Å². The van der Waals surface area contributed by atoms with Crippen LogP contribution in [0, 0.1) is 0 Å². The maximum atomic E-state index is 12.9. The predicted octanol–water partition coefficient (Wildman–Crippen LogP) is 16.4. The van der Waals surface area contributed by atoms with E-state index < -0.39 is 0 Å². The lowest BCUT2D eigenvalue weighted by Crippen LogP contribution is -2.09. The second-order valence-corrected chi connectivity index (χ2v) is 19.0. The number of nitrogens with zero attached hydrogens (tertiary/aromatic N) is 1. The van der Waals surface area contributed by atoms with Gasteiger partial charge in [0.1, 0.15) is 5.75 Å². The van der Waals surface area contributed by atoms with E-state index in [-0.39, 0.29) is 5.78 Å². The zero-order valence-corrected chi connectivity index (χ0v) is 35.4. The average Bonchev–Trinajstić information content (AvgIpc) is 4.14. The van der Waals surface area contributed by atoms with Crippen molar-refractivity contribution in [2.45, 2.75) is 0 Å². The van der Waals surface area contributed by atoms with Crippen LogP contribution in [0.1, 0.15) is 34.7 Å². The Labute approximate surface area is 363 Å². The molecule has 0 amide bonds. The molecule has 0 unspecified atom stereocenters. The summed E-state index contributed by atoms with van der Waals surface area (Å²) in [6.07, 6.45) is 10.6. The zero-order chi connectivity index (χ0) is 39.5. The molecule has 4 aromatic carbocycles. The Hall–Kier alpha value is -6.13. The molecular weight excluding hydrogens is 819 g/mol. The summed E-state index contributed by atoms with van der Waals surface area (Å²) in [5.74, 6) is 0.894. The average molecular weight is 852 g/mol. The number of hydrogen-bond donors (Lipinski definition) is 0. The van der Waals surface area contributed by atoms with Crippen LogP contribution in [0.4, 0.5) is 17.1 Å². The highest BCUT2D eigenvalue weighted by molar-refractivity contribution is 7.17. The second kappa shape index (κ2) is 16.6. The molecule has 284 valence electrons. The number of hydrogen-bond acceptors (Lipinski definition) is 8. The molecule has 8 heteroatoms. The fourth-order valence-corrected chi connectivity index (χ4v) is 10.9. The van der Waals surface area contributed by atoms with E-state index in [0.29, 0.717) is 17.1 Å². The van der Waals surface area contributed by atoms with Crippen LogP contribution >= 0.6 is 56.7 Å². The Morgan fingerprint density at radius 2 is 0.864 bits per heavy atom. The molecule has 0 saturated heterocycles. The first kappa shape index (κ1) is 37.2. The summed E-state index contributed by atoms with van der Waals surface area (Å²) in [6, 6.07) is 55.3. The Bertz CT molecular complexity index is 2830. The summed E-state index contributed by atoms with van der Waals surface area (Å²) < 4.78 is 5.89. The highest BCUT2D eigenvalue weighted by Crippen LogP contribution is 2.41. The van der Waals surface area contributed by atoms with Gasteiger partial charge in [0.25, 0.3) is 0 Å². The van der Waals surface area contributed by atoms with E-state index in [1.807, 2.05) is 36.4 Å². The van der Waals surface area contributed by atoms with Crippen LogP contribution in [0.25, 0.3) is 61.7 Å². The first-order chi connectivity index (χ1) is 29.1. The van der Waals surface area contributed by atoms with E-state index in [9.17, 15) is 4.79 Å². The summed E-state index contributed by atoms with van der Waals surface area (Å²) in [5, 5.41) is 4.21. The molecule has 10 rings (SSSR count). The molecule has 0 N–H and O–H groups in total. The number of allylic oxidation sites excluding steroid dienone is 1. The van der Waals surface area contributed by atoms with Crippen molar-refractivity contribution in [3.63, 3.8) is 0 Å². The monoisotopic (exact) mass is 851 g/mol. The van der Waals surface area contributed by atoms with Crippen LogP contribution in [0.5, 0.6) is 5.75 Å². The van der Waals surface area contributed by atoms with E-state index >= 15 is 0 Å².